The number of hydrogen-bond acceptors (Lipinski definition) is 4. The molecule has 0 aliphatic heterocycles. The number of rotatable bonds is 24. The van der Waals surface area contributed by atoms with Crippen LogP contribution in [0.3, 0.4) is 0 Å². The van der Waals surface area contributed by atoms with Crippen LogP contribution in [0, 0.1) is 0 Å². The molecule has 0 rings (SSSR count). The van der Waals surface area contributed by atoms with E-state index in [-0.39, 0.29) is 6.10 Å². The molecule has 0 heterocycles. The molecule has 0 aliphatic rings. The second kappa shape index (κ2) is 22.0. The number of likely N-dealkylation sites (N-methyl/N-ethyl adjacent to an activating group) is 1. The zero-order valence-corrected chi connectivity index (χ0v) is 21.1. The lowest BCUT2D eigenvalue weighted by Crippen LogP contribution is -2.37. The summed E-state index contributed by atoms with van der Waals surface area (Å²) in [6.07, 6.45) is 16.4. The number of nitrogens with zero attached hydrogens (tertiary/aromatic N) is 1. The van der Waals surface area contributed by atoms with Gasteiger partial charge in [0.2, 0.25) is 0 Å². The Labute approximate surface area is 188 Å². The minimum Gasteiger partial charge on any atom is -0.379 e. The molecule has 182 valence electrons. The number of hydrogen-bond donors (Lipinski definition) is 0. The molecule has 0 fully saturated rings. The normalized spacial score (nSPS) is 13.1. The zero-order valence-electron chi connectivity index (χ0n) is 21.1. The van der Waals surface area contributed by atoms with Crippen LogP contribution in [0.5, 0.6) is 0 Å². The average Bonchev–Trinajstić information content (AvgIpc) is 2.70. The van der Waals surface area contributed by atoms with E-state index >= 15 is 0 Å². The molecule has 0 aromatic heterocycles. The first-order valence-corrected chi connectivity index (χ1v) is 12.6. The highest BCUT2D eigenvalue weighted by Crippen LogP contribution is 2.12. The Kier molecular flexibility index (Phi) is 21.9. The highest BCUT2D eigenvalue weighted by Gasteiger charge is 2.08. The summed E-state index contributed by atoms with van der Waals surface area (Å²) in [5.74, 6) is 0. The molecule has 30 heavy (non-hydrogen) atoms. The summed E-state index contributed by atoms with van der Waals surface area (Å²) in [4.78, 5) is 0. The molecule has 0 N–H and O–H groups in total. The van der Waals surface area contributed by atoms with Gasteiger partial charge in [-0.25, -0.2) is 0 Å². The maximum absolute atomic E-state index is 5.77. The molecule has 0 spiro atoms. The van der Waals surface area contributed by atoms with Crippen molar-refractivity contribution < 1.29 is 23.4 Å². The van der Waals surface area contributed by atoms with E-state index in [0.29, 0.717) is 26.4 Å². The lowest BCUT2D eigenvalue weighted by molar-refractivity contribution is -0.870. The van der Waals surface area contributed by atoms with Gasteiger partial charge in [0.25, 0.3) is 0 Å². The van der Waals surface area contributed by atoms with Gasteiger partial charge in [0, 0.05) is 13.7 Å². The second-order valence-electron chi connectivity index (χ2n) is 9.52. The van der Waals surface area contributed by atoms with Crippen molar-refractivity contribution in [3.05, 3.63) is 0 Å². The molecule has 0 aliphatic carbocycles. The Bertz CT molecular complexity index is 334. The van der Waals surface area contributed by atoms with Crippen LogP contribution in [0.15, 0.2) is 0 Å². The predicted octanol–water partition coefficient (Wildman–Crippen LogP) is 5.46. The van der Waals surface area contributed by atoms with Crippen molar-refractivity contribution in [3.8, 4) is 0 Å². The van der Waals surface area contributed by atoms with Gasteiger partial charge < -0.3 is 23.4 Å². The van der Waals surface area contributed by atoms with E-state index < -0.39 is 0 Å². The van der Waals surface area contributed by atoms with E-state index in [4.69, 9.17) is 18.9 Å². The molecule has 0 bridgehead atoms. The van der Waals surface area contributed by atoms with Crippen LogP contribution in [0.1, 0.15) is 84.0 Å². The quantitative estimate of drug-likeness (QED) is 0.150. The molecule has 1 unspecified atom stereocenters. The number of unbranched alkanes of at least 4 members (excludes halogenated alkanes) is 11. The van der Waals surface area contributed by atoms with Gasteiger partial charge in [-0.15, -0.1) is 0 Å². The Morgan fingerprint density at radius 1 is 0.567 bits per heavy atom. The molecule has 0 aromatic carbocycles. The molecular formula is C25H54NO4+. The third kappa shape index (κ3) is 24.1. The van der Waals surface area contributed by atoms with Crippen LogP contribution in [0.25, 0.3) is 0 Å². The van der Waals surface area contributed by atoms with E-state index in [1.165, 1.54) is 70.6 Å². The van der Waals surface area contributed by atoms with Crippen LogP contribution in [-0.2, 0) is 18.9 Å². The second-order valence-corrected chi connectivity index (χ2v) is 9.52. The van der Waals surface area contributed by atoms with Gasteiger partial charge in [-0.05, 0) is 6.42 Å². The standard InChI is InChI=1S/C25H54NO4/c1-6-7-8-9-10-11-12-13-14-15-16-17-19-29-23-25(27-5)24-30-22-21-28-20-18-26(2,3)4/h25H,6-24H2,1-5H3/q+1. The van der Waals surface area contributed by atoms with Gasteiger partial charge in [-0.1, -0.05) is 77.6 Å². The Hall–Kier alpha value is -0.200. The smallest absolute Gasteiger partial charge is 0.104 e. The van der Waals surface area contributed by atoms with Crippen molar-refractivity contribution in [2.45, 2.75) is 90.1 Å². The average molecular weight is 433 g/mol. The molecule has 0 radical (unpaired) electrons. The van der Waals surface area contributed by atoms with Crippen LogP contribution in [0.2, 0.25) is 0 Å². The minimum absolute atomic E-state index is 0.00793. The topological polar surface area (TPSA) is 36.9 Å². The molecule has 0 amide bonds. The summed E-state index contributed by atoms with van der Waals surface area (Å²) < 4.78 is 23.4. The summed E-state index contributed by atoms with van der Waals surface area (Å²) in [5.41, 5.74) is 0. The monoisotopic (exact) mass is 432 g/mol. The molecule has 0 saturated heterocycles. The van der Waals surface area contributed by atoms with Crippen molar-refractivity contribution in [1.29, 1.82) is 0 Å². The zero-order chi connectivity index (χ0) is 22.3. The van der Waals surface area contributed by atoms with Gasteiger partial charge in [0.15, 0.2) is 0 Å². The Morgan fingerprint density at radius 2 is 1.03 bits per heavy atom. The molecule has 1 atom stereocenters. The lowest BCUT2D eigenvalue weighted by atomic mass is 10.1. The Morgan fingerprint density at radius 3 is 1.53 bits per heavy atom. The Balaban J connectivity index is 3.31. The molecule has 5 heteroatoms. The predicted molar refractivity (Wildman–Crippen MR) is 127 cm³/mol. The maximum atomic E-state index is 5.77. The summed E-state index contributed by atoms with van der Waals surface area (Å²) in [7, 11) is 8.22. The SMILES string of the molecule is CCCCCCCCCCCCCCOCC(COCCOCC[N+](C)(C)C)OC. The number of quaternary nitrogens is 1. The largest absolute Gasteiger partial charge is 0.379 e. The summed E-state index contributed by atoms with van der Waals surface area (Å²) in [5, 5.41) is 0. The van der Waals surface area contributed by atoms with Crippen LogP contribution in [-0.4, -0.2) is 85.0 Å². The van der Waals surface area contributed by atoms with E-state index in [1.54, 1.807) is 7.11 Å². The van der Waals surface area contributed by atoms with Crippen molar-refractivity contribution in [3.63, 3.8) is 0 Å². The summed E-state index contributed by atoms with van der Waals surface area (Å²) >= 11 is 0. The van der Waals surface area contributed by atoms with E-state index in [0.717, 1.165) is 30.7 Å². The van der Waals surface area contributed by atoms with E-state index in [1.807, 2.05) is 0 Å². The summed E-state index contributed by atoms with van der Waals surface area (Å²) in [6.45, 7) is 7.29. The van der Waals surface area contributed by atoms with Crippen molar-refractivity contribution in [2.24, 2.45) is 0 Å². The molecular weight excluding hydrogens is 378 g/mol. The van der Waals surface area contributed by atoms with Crippen molar-refractivity contribution in [1.82, 2.24) is 0 Å². The summed E-state index contributed by atoms with van der Waals surface area (Å²) in [6, 6.07) is 0. The number of ether oxygens (including phenoxy) is 4. The van der Waals surface area contributed by atoms with Gasteiger partial charge in [0.1, 0.15) is 12.6 Å². The first kappa shape index (κ1) is 29.8. The highest BCUT2D eigenvalue weighted by atomic mass is 16.6. The minimum atomic E-state index is 0.00793. The van der Waals surface area contributed by atoms with Gasteiger partial charge in [-0.3, -0.25) is 0 Å². The molecule has 0 aromatic rings. The fourth-order valence-corrected chi connectivity index (χ4v) is 3.22. The molecule has 5 nitrogen and oxygen atoms in total. The fourth-order valence-electron chi connectivity index (χ4n) is 3.22. The van der Waals surface area contributed by atoms with Crippen LogP contribution in [0.4, 0.5) is 0 Å². The first-order valence-electron chi connectivity index (χ1n) is 12.6. The van der Waals surface area contributed by atoms with E-state index in [2.05, 4.69) is 28.1 Å². The van der Waals surface area contributed by atoms with Crippen molar-refractivity contribution in [2.75, 3.05) is 74.4 Å². The van der Waals surface area contributed by atoms with Gasteiger partial charge in [-0.2, -0.15) is 0 Å². The maximum Gasteiger partial charge on any atom is 0.104 e. The number of methoxy groups -OCH3 is 1. The van der Waals surface area contributed by atoms with Crippen LogP contribution < -0.4 is 0 Å². The van der Waals surface area contributed by atoms with E-state index in [9.17, 15) is 0 Å². The third-order valence-corrected chi connectivity index (χ3v) is 5.36. The highest BCUT2D eigenvalue weighted by molar-refractivity contribution is 4.55. The van der Waals surface area contributed by atoms with Crippen LogP contribution >= 0.6 is 0 Å². The first-order chi connectivity index (χ1) is 14.5. The lowest BCUT2D eigenvalue weighted by Gasteiger charge is -2.23. The third-order valence-electron chi connectivity index (χ3n) is 5.36. The fraction of sp³-hybridized carbons (Fsp3) is 1.00. The molecule has 0 saturated carbocycles. The van der Waals surface area contributed by atoms with Gasteiger partial charge in [0.05, 0.1) is 54.2 Å². The van der Waals surface area contributed by atoms with Crippen molar-refractivity contribution >= 4 is 0 Å². The van der Waals surface area contributed by atoms with Gasteiger partial charge >= 0.3 is 0 Å².